The summed E-state index contributed by atoms with van der Waals surface area (Å²) >= 11 is 2.54. The highest BCUT2D eigenvalue weighted by molar-refractivity contribution is 14.1. The van der Waals surface area contributed by atoms with E-state index in [1.165, 1.54) is 148 Å². The summed E-state index contributed by atoms with van der Waals surface area (Å²) in [6, 6.07) is 0. The highest BCUT2D eigenvalue weighted by Crippen LogP contribution is 2.23. The molecule has 0 aliphatic heterocycles. The summed E-state index contributed by atoms with van der Waals surface area (Å²) in [5.74, 6) is 3.09. The maximum Gasteiger partial charge on any atom is 0.200 e. The molecule has 0 saturated carbocycles. The Morgan fingerprint density at radius 3 is 1.09 bits per heavy atom. The van der Waals surface area contributed by atoms with Gasteiger partial charge < -0.3 is 16.9 Å². The van der Waals surface area contributed by atoms with E-state index in [0.717, 1.165) is 4.48 Å². The van der Waals surface area contributed by atoms with E-state index in [1.807, 2.05) is 0 Å². The van der Waals surface area contributed by atoms with Crippen LogP contribution in [0.5, 0.6) is 0 Å². The topological polar surface area (TPSA) is 0 Å². The third-order valence-electron chi connectivity index (χ3n) is 7.16. The van der Waals surface area contributed by atoms with Gasteiger partial charge in [0.05, 0.1) is 19.6 Å². The molecule has 0 bridgehead atoms. The fraction of sp³-hybridized carbons (Fsp3) is 0.931. The summed E-state index contributed by atoms with van der Waals surface area (Å²) in [6.45, 7) is 10.7. The number of terminal acetylenes is 1. The molecule has 0 saturated heterocycles. The smallest absolute Gasteiger partial charge is 0.200 e. The molecule has 0 heterocycles. The number of hydrogen-bond donors (Lipinski definition) is 0. The van der Waals surface area contributed by atoms with Crippen LogP contribution in [-0.4, -0.2) is 28.2 Å². The van der Waals surface area contributed by atoms with E-state index in [0.29, 0.717) is 4.05 Å². The van der Waals surface area contributed by atoms with Crippen molar-refractivity contribution in [2.45, 2.75) is 153 Å². The number of rotatable bonds is 24. The zero-order valence-corrected chi connectivity index (χ0v) is 25.0. The molecule has 0 N–H and O–H groups in total. The van der Waals surface area contributed by atoms with E-state index in [9.17, 15) is 0 Å². The molecule has 0 aromatic rings. The van der Waals surface area contributed by atoms with Crippen LogP contribution in [0, 0.1) is 12.3 Å². The van der Waals surface area contributed by atoms with Crippen molar-refractivity contribution in [3.8, 4) is 12.3 Å². The highest BCUT2D eigenvalue weighted by Gasteiger charge is 2.31. The fourth-order valence-electron chi connectivity index (χ4n) is 4.80. The van der Waals surface area contributed by atoms with E-state index >= 15 is 0 Å². The predicted octanol–water partition coefficient (Wildman–Crippen LogP) is 7.06. The van der Waals surface area contributed by atoms with Gasteiger partial charge in [-0.25, -0.2) is 0 Å². The van der Waals surface area contributed by atoms with Gasteiger partial charge in [-0.3, -0.25) is 0 Å². The van der Waals surface area contributed by atoms with Gasteiger partial charge >= 0.3 is 0 Å². The predicted molar refractivity (Wildman–Crippen MR) is 151 cm³/mol. The molecule has 0 aromatic carbocycles. The molecule has 1 unspecified atom stereocenters. The Balaban J connectivity index is 0. The first kappa shape index (κ1) is 34.7. The number of nitrogens with zero attached hydrogens (tertiary/aromatic N) is 1. The van der Waals surface area contributed by atoms with Gasteiger partial charge in [-0.2, -0.15) is 0 Å². The second-order valence-corrected chi connectivity index (χ2v) is 11.0. The molecule has 1 atom stereocenters. The average molecular weight is 582 g/mol. The molecule has 192 valence electrons. The van der Waals surface area contributed by atoms with Gasteiger partial charge in [0.25, 0.3) is 0 Å². The quantitative estimate of drug-likeness (QED) is 0.0286. The SMILES string of the molecule is C#CC(I)[N+](CC)(CCCCCCCCCCCC)CCCCCCCCCCCC.[Cl-]. The number of hydrogen-bond acceptors (Lipinski definition) is 0. The summed E-state index contributed by atoms with van der Waals surface area (Å²) in [7, 11) is 0. The molecule has 0 aliphatic rings. The Labute approximate surface area is 223 Å². The molecule has 1 nitrogen and oxygen atoms in total. The van der Waals surface area contributed by atoms with Crippen molar-refractivity contribution in [1.29, 1.82) is 0 Å². The number of unbranched alkanes of at least 4 members (excludes halogenated alkanes) is 18. The lowest BCUT2D eigenvalue weighted by molar-refractivity contribution is -0.925. The van der Waals surface area contributed by atoms with Gasteiger partial charge in [0.15, 0.2) is 0 Å². The molecular formula is C29H57ClIN. The second-order valence-electron chi connectivity index (χ2n) is 9.85. The van der Waals surface area contributed by atoms with Crippen molar-refractivity contribution in [1.82, 2.24) is 0 Å². The normalized spacial score (nSPS) is 12.3. The standard InChI is InChI=1S/C29H57IN.ClH/c1-5-9-11-13-15-17-19-21-23-25-27-31(8-4,29(30)7-3)28-26-24-22-20-18-16-14-12-10-6-2;/h3,29H,5-6,8-28H2,1-2,4H3;1H/q+1;/p-1. The lowest BCUT2D eigenvalue weighted by atomic mass is 10.1. The lowest BCUT2D eigenvalue weighted by Gasteiger charge is -2.40. The molecule has 0 aromatic heterocycles. The van der Waals surface area contributed by atoms with E-state index in [1.54, 1.807) is 0 Å². The number of quaternary nitrogens is 1. The summed E-state index contributed by atoms with van der Waals surface area (Å²) in [4.78, 5) is 0. The van der Waals surface area contributed by atoms with E-state index in [-0.39, 0.29) is 12.4 Å². The molecule has 0 fully saturated rings. The summed E-state index contributed by atoms with van der Waals surface area (Å²) in [5, 5.41) is 0. The van der Waals surface area contributed by atoms with Crippen LogP contribution in [0.3, 0.4) is 0 Å². The van der Waals surface area contributed by atoms with Gasteiger partial charge in [-0.05, 0) is 38.5 Å². The largest absolute Gasteiger partial charge is 1.00 e. The first-order valence-electron chi connectivity index (χ1n) is 14.1. The van der Waals surface area contributed by atoms with E-state index < -0.39 is 0 Å². The number of alkyl halides is 1. The van der Waals surface area contributed by atoms with Crippen LogP contribution in [0.4, 0.5) is 0 Å². The van der Waals surface area contributed by atoms with Crippen LogP contribution in [0.15, 0.2) is 0 Å². The van der Waals surface area contributed by atoms with Crippen LogP contribution in [0.2, 0.25) is 0 Å². The van der Waals surface area contributed by atoms with Crippen molar-refractivity contribution >= 4 is 22.6 Å². The van der Waals surface area contributed by atoms with Gasteiger partial charge in [0.2, 0.25) is 4.05 Å². The molecule has 32 heavy (non-hydrogen) atoms. The molecule has 0 spiro atoms. The van der Waals surface area contributed by atoms with Gasteiger partial charge in [-0.1, -0.05) is 117 Å². The van der Waals surface area contributed by atoms with Crippen LogP contribution < -0.4 is 12.4 Å². The Hall–Kier alpha value is 0.540. The third kappa shape index (κ3) is 18.9. The van der Waals surface area contributed by atoms with Crippen molar-refractivity contribution in [3.63, 3.8) is 0 Å². The summed E-state index contributed by atoms with van der Waals surface area (Å²) in [6.07, 6.45) is 34.2. The minimum atomic E-state index is 0. The zero-order chi connectivity index (χ0) is 23.0. The first-order chi connectivity index (χ1) is 15.2. The molecule has 0 aliphatic carbocycles. The second kappa shape index (κ2) is 26.2. The average Bonchev–Trinajstić information content (AvgIpc) is 2.79. The van der Waals surface area contributed by atoms with E-state index in [4.69, 9.17) is 6.42 Å². The number of halogens is 2. The van der Waals surface area contributed by atoms with Crippen LogP contribution in [0.25, 0.3) is 0 Å². The first-order valence-corrected chi connectivity index (χ1v) is 15.4. The van der Waals surface area contributed by atoms with E-state index in [2.05, 4.69) is 49.3 Å². The van der Waals surface area contributed by atoms with Crippen molar-refractivity contribution < 1.29 is 16.9 Å². The lowest BCUT2D eigenvalue weighted by Crippen LogP contribution is -3.00. The highest BCUT2D eigenvalue weighted by atomic mass is 127. The van der Waals surface area contributed by atoms with Gasteiger partial charge in [0.1, 0.15) is 0 Å². The summed E-state index contributed by atoms with van der Waals surface area (Å²) < 4.78 is 1.48. The minimum absolute atomic E-state index is 0. The molecule has 0 amide bonds. The van der Waals surface area contributed by atoms with Crippen molar-refractivity contribution in [3.05, 3.63) is 0 Å². The van der Waals surface area contributed by atoms with Crippen LogP contribution >= 0.6 is 22.6 Å². The van der Waals surface area contributed by atoms with Gasteiger partial charge in [0, 0.05) is 22.6 Å². The minimum Gasteiger partial charge on any atom is -1.00 e. The van der Waals surface area contributed by atoms with Crippen molar-refractivity contribution in [2.24, 2.45) is 0 Å². The molecule has 3 heteroatoms. The monoisotopic (exact) mass is 581 g/mol. The Morgan fingerprint density at radius 2 is 0.844 bits per heavy atom. The molecular weight excluding hydrogens is 525 g/mol. The summed E-state index contributed by atoms with van der Waals surface area (Å²) in [5.41, 5.74) is 0. The van der Waals surface area contributed by atoms with Crippen LogP contribution in [-0.2, 0) is 0 Å². The fourth-order valence-corrected chi connectivity index (χ4v) is 5.75. The Kier molecular flexibility index (Phi) is 28.4. The third-order valence-corrected chi connectivity index (χ3v) is 8.70. The maximum atomic E-state index is 5.90. The molecule has 0 radical (unpaired) electrons. The molecule has 0 rings (SSSR count). The Bertz CT molecular complexity index is 382. The maximum absolute atomic E-state index is 5.90. The van der Waals surface area contributed by atoms with Gasteiger partial charge in [-0.15, -0.1) is 6.42 Å². The van der Waals surface area contributed by atoms with Crippen LogP contribution in [0.1, 0.15) is 149 Å². The zero-order valence-electron chi connectivity index (χ0n) is 22.1. The Morgan fingerprint density at radius 1 is 0.562 bits per heavy atom. The van der Waals surface area contributed by atoms with Crippen molar-refractivity contribution in [2.75, 3.05) is 19.6 Å².